The molecule has 1 aromatic carbocycles. The number of carbonyl (C=O) groups excluding carboxylic acids is 1. The first kappa shape index (κ1) is 15.7. The van der Waals surface area contributed by atoms with E-state index in [1.165, 1.54) is 0 Å². The molecular weight excluding hydrogens is 306 g/mol. The number of amides is 1. The third kappa shape index (κ3) is 4.39. The molecule has 0 unspecified atom stereocenters. The number of aryl methyl sites for hydroxylation is 1. The Kier molecular flexibility index (Phi) is 5.14. The maximum Gasteiger partial charge on any atom is 0.321 e. The summed E-state index contributed by atoms with van der Waals surface area (Å²) >= 11 is 0. The number of nitrogens with one attached hydrogen (secondary N) is 1. The fourth-order valence-electron chi connectivity index (χ4n) is 2.10. The molecule has 0 aliphatic carbocycles. The Bertz CT molecular complexity index is 757. The van der Waals surface area contributed by atoms with E-state index in [1.807, 2.05) is 10.8 Å². The second kappa shape index (κ2) is 7.87. The largest absolute Gasteiger partial charge is 0.424 e. The predicted octanol–water partition coefficient (Wildman–Crippen LogP) is 2.29. The summed E-state index contributed by atoms with van der Waals surface area (Å²) in [7, 11) is 0. The van der Waals surface area contributed by atoms with Crippen molar-refractivity contribution in [2.75, 3.05) is 6.54 Å². The first-order chi connectivity index (χ1) is 11.8. The van der Waals surface area contributed by atoms with E-state index in [1.54, 1.807) is 55.2 Å². The molecule has 0 bridgehead atoms. The van der Waals surface area contributed by atoms with E-state index >= 15 is 0 Å². The van der Waals surface area contributed by atoms with Crippen molar-refractivity contribution in [2.45, 2.75) is 13.0 Å². The van der Waals surface area contributed by atoms with Gasteiger partial charge >= 0.3 is 6.01 Å². The van der Waals surface area contributed by atoms with E-state index < -0.39 is 0 Å². The fourth-order valence-corrected chi connectivity index (χ4v) is 2.10. The summed E-state index contributed by atoms with van der Waals surface area (Å²) in [5.41, 5.74) is 0.582. The number of nitrogens with zero attached hydrogens (tertiary/aromatic N) is 4. The summed E-state index contributed by atoms with van der Waals surface area (Å²) in [5.74, 6) is 0.473. The van der Waals surface area contributed by atoms with Crippen molar-refractivity contribution in [2.24, 2.45) is 0 Å². The minimum Gasteiger partial charge on any atom is -0.424 e. The SMILES string of the molecule is O=C(NCCCn1ccnc1)c1ccc(Oc2ncccn2)cc1. The summed E-state index contributed by atoms with van der Waals surface area (Å²) in [5, 5.41) is 2.89. The second-order valence-corrected chi connectivity index (χ2v) is 5.07. The lowest BCUT2D eigenvalue weighted by Crippen LogP contribution is -2.25. The van der Waals surface area contributed by atoms with E-state index in [9.17, 15) is 4.79 Å². The van der Waals surface area contributed by atoms with Crippen molar-refractivity contribution in [1.29, 1.82) is 0 Å². The van der Waals surface area contributed by atoms with Crippen molar-refractivity contribution in [3.63, 3.8) is 0 Å². The Morgan fingerprint density at radius 1 is 1.12 bits per heavy atom. The molecule has 3 rings (SSSR count). The molecule has 0 saturated heterocycles. The van der Waals surface area contributed by atoms with Gasteiger partial charge in [-0.3, -0.25) is 4.79 Å². The Balaban J connectivity index is 1.46. The van der Waals surface area contributed by atoms with Gasteiger partial charge in [0.05, 0.1) is 6.33 Å². The standard InChI is InChI=1S/C17H17N5O2/c23-16(19-9-2-11-22-12-10-18-13-22)14-3-5-15(6-4-14)24-17-20-7-1-8-21-17/h1,3-8,10,12-13H,2,9,11H2,(H,19,23). The van der Waals surface area contributed by atoms with Crippen LogP contribution in [0, 0.1) is 0 Å². The molecule has 7 heteroatoms. The highest BCUT2D eigenvalue weighted by molar-refractivity contribution is 5.94. The summed E-state index contributed by atoms with van der Waals surface area (Å²) in [6, 6.07) is 8.85. The minimum absolute atomic E-state index is 0.108. The van der Waals surface area contributed by atoms with Crippen LogP contribution in [0.15, 0.2) is 61.4 Å². The quantitative estimate of drug-likeness (QED) is 0.675. The smallest absolute Gasteiger partial charge is 0.321 e. The molecular formula is C17H17N5O2. The summed E-state index contributed by atoms with van der Waals surface area (Å²) in [4.78, 5) is 24.0. The van der Waals surface area contributed by atoms with Gasteiger partial charge in [-0.2, -0.15) is 0 Å². The molecule has 122 valence electrons. The number of imidazole rings is 1. The number of hydrogen-bond acceptors (Lipinski definition) is 5. The highest BCUT2D eigenvalue weighted by Crippen LogP contribution is 2.17. The molecule has 0 spiro atoms. The van der Waals surface area contributed by atoms with Crippen LogP contribution in [0.4, 0.5) is 0 Å². The molecule has 2 heterocycles. The average Bonchev–Trinajstić information content (AvgIpc) is 3.13. The molecule has 7 nitrogen and oxygen atoms in total. The Hall–Kier alpha value is -3.22. The third-order valence-electron chi connectivity index (χ3n) is 3.31. The maximum atomic E-state index is 12.1. The van der Waals surface area contributed by atoms with Crippen LogP contribution in [0.2, 0.25) is 0 Å². The summed E-state index contributed by atoms with van der Waals surface area (Å²) in [6.07, 6.45) is 9.45. The van der Waals surface area contributed by atoms with Gasteiger partial charge < -0.3 is 14.6 Å². The molecule has 24 heavy (non-hydrogen) atoms. The monoisotopic (exact) mass is 323 g/mol. The van der Waals surface area contributed by atoms with Crippen molar-refractivity contribution in [3.8, 4) is 11.8 Å². The molecule has 0 atom stereocenters. The number of rotatable bonds is 7. The third-order valence-corrected chi connectivity index (χ3v) is 3.31. The first-order valence-electron chi connectivity index (χ1n) is 7.60. The predicted molar refractivity (Wildman–Crippen MR) is 87.7 cm³/mol. The van der Waals surface area contributed by atoms with Crippen molar-refractivity contribution >= 4 is 5.91 Å². The zero-order valence-corrected chi connectivity index (χ0v) is 13.0. The minimum atomic E-state index is -0.108. The molecule has 1 N–H and O–H groups in total. The van der Waals surface area contributed by atoms with Gasteiger partial charge in [0, 0.05) is 43.4 Å². The lowest BCUT2D eigenvalue weighted by atomic mass is 10.2. The Morgan fingerprint density at radius 3 is 2.62 bits per heavy atom. The van der Waals surface area contributed by atoms with Gasteiger partial charge in [-0.25, -0.2) is 15.0 Å². The van der Waals surface area contributed by atoms with Gasteiger partial charge in [0.2, 0.25) is 0 Å². The Labute approximate surface area is 139 Å². The number of hydrogen-bond donors (Lipinski definition) is 1. The molecule has 0 aliphatic rings. The van der Waals surface area contributed by atoms with E-state index in [4.69, 9.17) is 4.74 Å². The zero-order chi connectivity index (χ0) is 16.6. The average molecular weight is 323 g/mol. The van der Waals surface area contributed by atoms with Gasteiger partial charge in [-0.15, -0.1) is 0 Å². The van der Waals surface area contributed by atoms with Gasteiger partial charge in [0.15, 0.2) is 0 Å². The van der Waals surface area contributed by atoms with Crippen LogP contribution >= 0.6 is 0 Å². The molecule has 1 amide bonds. The lowest BCUT2D eigenvalue weighted by Gasteiger charge is -2.07. The van der Waals surface area contributed by atoms with Crippen LogP contribution in [0.25, 0.3) is 0 Å². The number of carbonyl (C=O) groups is 1. The summed E-state index contributed by atoms with van der Waals surface area (Å²) < 4.78 is 7.47. The zero-order valence-electron chi connectivity index (χ0n) is 13.0. The summed E-state index contributed by atoms with van der Waals surface area (Å²) in [6.45, 7) is 1.43. The number of ether oxygens (including phenoxy) is 1. The van der Waals surface area contributed by atoms with Crippen LogP contribution in [-0.2, 0) is 6.54 Å². The molecule has 0 fully saturated rings. The van der Waals surface area contributed by atoms with Crippen molar-refractivity contribution in [3.05, 3.63) is 67.0 Å². The van der Waals surface area contributed by atoms with Crippen LogP contribution < -0.4 is 10.1 Å². The Morgan fingerprint density at radius 2 is 1.92 bits per heavy atom. The van der Waals surface area contributed by atoms with E-state index in [0.717, 1.165) is 13.0 Å². The normalized spacial score (nSPS) is 10.3. The maximum absolute atomic E-state index is 12.1. The first-order valence-corrected chi connectivity index (χ1v) is 7.60. The topological polar surface area (TPSA) is 81.9 Å². The van der Waals surface area contributed by atoms with Gasteiger partial charge in [-0.1, -0.05) is 0 Å². The highest BCUT2D eigenvalue weighted by atomic mass is 16.5. The number of benzene rings is 1. The molecule has 3 aromatic rings. The highest BCUT2D eigenvalue weighted by Gasteiger charge is 2.06. The van der Waals surface area contributed by atoms with Crippen LogP contribution in [0.1, 0.15) is 16.8 Å². The number of aromatic nitrogens is 4. The van der Waals surface area contributed by atoms with Crippen LogP contribution in [0.5, 0.6) is 11.8 Å². The molecule has 0 saturated carbocycles. The van der Waals surface area contributed by atoms with E-state index in [-0.39, 0.29) is 11.9 Å². The van der Waals surface area contributed by atoms with Crippen LogP contribution in [0.3, 0.4) is 0 Å². The van der Waals surface area contributed by atoms with Gasteiger partial charge in [-0.05, 0) is 36.8 Å². The molecule has 0 radical (unpaired) electrons. The fraction of sp³-hybridized carbons (Fsp3) is 0.176. The van der Waals surface area contributed by atoms with Crippen molar-refractivity contribution in [1.82, 2.24) is 24.8 Å². The second-order valence-electron chi connectivity index (χ2n) is 5.07. The molecule has 2 aromatic heterocycles. The van der Waals surface area contributed by atoms with Gasteiger partial charge in [0.25, 0.3) is 5.91 Å². The van der Waals surface area contributed by atoms with Crippen LogP contribution in [-0.4, -0.2) is 32.0 Å². The van der Waals surface area contributed by atoms with Gasteiger partial charge in [0.1, 0.15) is 5.75 Å². The van der Waals surface area contributed by atoms with E-state index in [2.05, 4.69) is 20.3 Å². The lowest BCUT2D eigenvalue weighted by molar-refractivity contribution is 0.0952. The van der Waals surface area contributed by atoms with Crippen molar-refractivity contribution < 1.29 is 9.53 Å². The molecule has 0 aliphatic heterocycles. The van der Waals surface area contributed by atoms with E-state index in [0.29, 0.717) is 17.9 Å².